The van der Waals surface area contributed by atoms with Gasteiger partial charge in [0.25, 0.3) is 0 Å². The summed E-state index contributed by atoms with van der Waals surface area (Å²) in [5.74, 6) is 2.24. The van der Waals surface area contributed by atoms with Crippen molar-refractivity contribution < 1.29 is 4.79 Å². The van der Waals surface area contributed by atoms with Gasteiger partial charge in [-0.15, -0.1) is 0 Å². The number of nitrogens with zero attached hydrogens (tertiary/aromatic N) is 6. The number of nitrogens with one attached hydrogen (secondary N) is 2. The number of amides is 1. The number of H-pyrrole nitrogens is 1. The fourth-order valence-electron chi connectivity index (χ4n) is 3.72. The minimum absolute atomic E-state index is 0.0273. The predicted octanol–water partition coefficient (Wildman–Crippen LogP) is 1.91. The molecule has 152 valence electrons. The maximum absolute atomic E-state index is 12.5. The molecule has 0 radical (unpaired) electrons. The second-order valence-electron chi connectivity index (χ2n) is 7.59. The topological polar surface area (TPSA) is 105 Å². The molecule has 9 nitrogen and oxygen atoms in total. The molecule has 0 atom stereocenters. The van der Waals surface area contributed by atoms with Crippen LogP contribution >= 0.6 is 0 Å². The summed E-state index contributed by atoms with van der Waals surface area (Å²) in [4.78, 5) is 31.0. The number of rotatable bonds is 5. The number of hydrogen-bond donors (Lipinski definition) is 2. The minimum Gasteiger partial charge on any atom is -0.355 e. The van der Waals surface area contributed by atoms with Gasteiger partial charge < -0.3 is 15.2 Å². The molecule has 0 aliphatic carbocycles. The van der Waals surface area contributed by atoms with Crippen LogP contribution < -0.4 is 10.2 Å². The standard InChI is InChI=1S/C21H22N8O/c1-13-7-14(2)29(27-13)20-8-19(23-12-24-20)28-10-15(11-28)21(30)22-9-18-25-16-5-3-4-6-17(16)26-18/h3-8,12,15H,9-11H2,1-2H3,(H,22,30)(H,25,26). The molecule has 30 heavy (non-hydrogen) atoms. The van der Waals surface area contributed by atoms with Gasteiger partial charge in [0, 0.05) is 24.8 Å². The molecule has 1 aliphatic rings. The van der Waals surface area contributed by atoms with Crippen molar-refractivity contribution in [2.75, 3.05) is 18.0 Å². The third-order valence-electron chi connectivity index (χ3n) is 5.31. The highest BCUT2D eigenvalue weighted by Gasteiger charge is 2.33. The first-order chi connectivity index (χ1) is 14.6. The number of aromatic nitrogens is 6. The fraction of sp³-hybridized carbons (Fsp3) is 0.286. The van der Waals surface area contributed by atoms with Crippen molar-refractivity contribution in [2.24, 2.45) is 5.92 Å². The first-order valence-corrected chi connectivity index (χ1v) is 9.89. The summed E-state index contributed by atoms with van der Waals surface area (Å²) in [6, 6.07) is 11.7. The van der Waals surface area contributed by atoms with E-state index in [-0.39, 0.29) is 11.8 Å². The summed E-state index contributed by atoms with van der Waals surface area (Å²) in [6.07, 6.45) is 1.54. The van der Waals surface area contributed by atoms with Crippen molar-refractivity contribution in [1.29, 1.82) is 0 Å². The molecule has 1 aromatic carbocycles. The van der Waals surface area contributed by atoms with E-state index in [0.717, 1.165) is 39.9 Å². The fourth-order valence-corrected chi connectivity index (χ4v) is 3.72. The molecule has 1 aliphatic heterocycles. The lowest BCUT2D eigenvalue weighted by molar-refractivity contribution is -0.125. The summed E-state index contributed by atoms with van der Waals surface area (Å²) in [6.45, 7) is 5.59. The van der Waals surface area contributed by atoms with E-state index in [0.29, 0.717) is 19.6 Å². The van der Waals surface area contributed by atoms with Gasteiger partial charge in [-0.25, -0.2) is 19.6 Å². The van der Waals surface area contributed by atoms with Gasteiger partial charge in [-0.3, -0.25) is 4.79 Å². The van der Waals surface area contributed by atoms with Crippen LogP contribution in [-0.4, -0.2) is 48.7 Å². The van der Waals surface area contributed by atoms with Gasteiger partial charge in [0.05, 0.1) is 29.2 Å². The molecule has 0 spiro atoms. The lowest BCUT2D eigenvalue weighted by Crippen LogP contribution is -2.54. The minimum atomic E-state index is -0.0681. The number of carbonyl (C=O) groups excluding carboxylic acids is 1. The number of benzene rings is 1. The second-order valence-corrected chi connectivity index (χ2v) is 7.59. The van der Waals surface area contributed by atoms with Gasteiger partial charge in [-0.1, -0.05) is 12.1 Å². The number of para-hydroxylation sites is 2. The zero-order valence-corrected chi connectivity index (χ0v) is 16.8. The van der Waals surface area contributed by atoms with Gasteiger partial charge in [0.1, 0.15) is 18.0 Å². The highest BCUT2D eigenvalue weighted by Crippen LogP contribution is 2.24. The van der Waals surface area contributed by atoms with Crippen molar-refractivity contribution >= 4 is 22.8 Å². The molecular weight excluding hydrogens is 380 g/mol. The number of imidazole rings is 1. The Labute approximate surface area is 173 Å². The average Bonchev–Trinajstić information content (AvgIpc) is 3.27. The van der Waals surface area contributed by atoms with E-state index < -0.39 is 0 Å². The molecule has 0 saturated carbocycles. The summed E-state index contributed by atoms with van der Waals surface area (Å²) < 4.78 is 1.80. The van der Waals surface area contributed by atoms with Gasteiger partial charge in [0.2, 0.25) is 5.91 Å². The SMILES string of the molecule is Cc1cc(C)n(-c2cc(N3CC(C(=O)NCc4nc5ccccc5[nH]4)C3)ncn2)n1. The summed E-state index contributed by atoms with van der Waals surface area (Å²) >= 11 is 0. The van der Waals surface area contributed by atoms with Crippen LogP contribution in [0.25, 0.3) is 16.9 Å². The van der Waals surface area contributed by atoms with Gasteiger partial charge in [-0.05, 0) is 32.0 Å². The molecule has 4 aromatic rings. The number of aromatic amines is 1. The molecule has 3 aromatic heterocycles. The Morgan fingerprint density at radius 1 is 1.17 bits per heavy atom. The van der Waals surface area contributed by atoms with E-state index in [1.165, 1.54) is 6.33 Å². The second kappa shape index (κ2) is 7.25. The highest BCUT2D eigenvalue weighted by molar-refractivity contribution is 5.82. The summed E-state index contributed by atoms with van der Waals surface area (Å²) in [5.41, 5.74) is 3.83. The van der Waals surface area contributed by atoms with Gasteiger partial charge >= 0.3 is 0 Å². The Kier molecular flexibility index (Phi) is 4.42. The Bertz CT molecular complexity index is 1190. The normalized spacial score (nSPS) is 14.1. The third kappa shape index (κ3) is 3.38. The van der Waals surface area contributed by atoms with Crippen LogP contribution in [0.3, 0.4) is 0 Å². The van der Waals surface area contributed by atoms with E-state index in [1.807, 2.05) is 50.2 Å². The quantitative estimate of drug-likeness (QED) is 0.528. The Morgan fingerprint density at radius 3 is 2.73 bits per heavy atom. The van der Waals surface area contributed by atoms with Crippen LogP contribution in [0.15, 0.2) is 42.7 Å². The van der Waals surface area contributed by atoms with E-state index in [1.54, 1.807) is 4.68 Å². The van der Waals surface area contributed by atoms with Crippen LogP contribution in [0.2, 0.25) is 0 Å². The summed E-state index contributed by atoms with van der Waals surface area (Å²) in [7, 11) is 0. The first kappa shape index (κ1) is 18.3. The molecule has 0 unspecified atom stereocenters. The van der Waals surface area contributed by atoms with Crippen LogP contribution in [0, 0.1) is 19.8 Å². The molecule has 2 N–H and O–H groups in total. The van der Waals surface area contributed by atoms with Crippen LogP contribution in [0.4, 0.5) is 5.82 Å². The van der Waals surface area contributed by atoms with Crippen LogP contribution in [0.5, 0.6) is 0 Å². The molecule has 0 bridgehead atoms. The number of fused-ring (bicyclic) bond motifs is 1. The van der Waals surface area contributed by atoms with E-state index in [9.17, 15) is 4.79 Å². The summed E-state index contributed by atoms with van der Waals surface area (Å²) in [5, 5.41) is 7.45. The van der Waals surface area contributed by atoms with Crippen molar-refractivity contribution in [3.05, 3.63) is 59.9 Å². The Hall–Kier alpha value is -3.75. The van der Waals surface area contributed by atoms with Crippen molar-refractivity contribution in [1.82, 2.24) is 35.0 Å². The van der Waals surface area contributed by atoms with Crippen LogP contribution in [-0.2, 0) is 11.3 Å². The van der Waals surface area contributed by atoms with Crippen molar-refractivity contribution in [3.8, 4) is 5.82 Å². The van der Waals surface area contributed by atoms with Crippen molar-refractivity contribution in [3.63, 3.8) is 0 Å². The molecule has 1 amide bonds. The number of carbonyl (C=O) groups is 1. The maximum Gasteiger partial charge on any atom is 0.227 e. The van der Waals surface area contributed by atoms with Gasteiger partial charge in [-0.2, -0.15) is 5.10 Å². The monoisotopic (exact) mass is 402 g/mol. The number of aryl methyl sites for hydroxylation is 2. The number of hydrogen-bond acceptors (Lipinski definition) is 6. The average molecular weight is 402 g/mol. The lowest BCUT2D eigenvalue weighted by atomic mass is 9.99. The van der Waals surface area contributed by atoms with E-state index >= 15 is 0 Å². The molecule has 4 heterocycles. The largest absolute Gasteiger partial charge is 0.355 e. The molecule has 1 saturated heterocycles. The van der Waals surface area contributed by atoms with E-state index in [4.69, 9.17) is 0 Å². The highest BCUT2D eigenvalue weighted by atomic mass is 16.2. The molecule has 5 rings (SSSR count). The Balaban J connectivity index is 1.19. The lowest BCUT2D eigenvalue weighted by Gasteiger charge is -2.39. The first-order valence-electron chi connectivity index (χ1n) is 9.89. The van der Waals surface area contributed by atoms with Gasteiger partial charge in [0.15, 0.2) is 5.82 Å². The maximum atomic E-state index is 12.5. The van der Waals surface area contributed by atoms with E-state index in [2.05, 4.69) is 35.3 Å². The third-order valence-corrected chi connectivity index (χ3v) is 5.31. The predicted molar refractivity (Wildman–Crippen MR) is 112 cm³/mol. The molecule has 9 heteroatoms. The molecular formula is C21H22N8O. The Morgan fingerprint density at radius 2 is 1.97 bits per heavy atom. The molecule has 1 fully saturated rings. The van der Waals surface area contributed by atoms with Crippen molar-refractivity contribution in [2.45, 2.75) is 20.4 Å². The zero-order valence-electron chi connectivity index (χ0n) is 16.8. The number of anilines is 1. The van der Waals surface area contributed by atoms with Crippen LogP contribution in [0.1, 0.15) is 17.2 Å². The smallest absolute Gasteiger partial charge is 0.227 e. The zero-order chi connectivity index (χ0) is 20.7.